The molecule has 0 aliphatic carbocycles. The molecule has 2 bridgehead atoms. The van der Waals surface area contributed by atoms with Crippen molar-refractivity contribution >= 4 is 6.08 Å². The molecule has 0 amide bonds. The third-order valence-electron chi connectivity index (χ3n) is 2.35. The van der Waals surface area contributed by atoms with Crippen molar-refractivity contribution in [1.82, 2.24) is 0 Å². The van der Waals surface area contributed by atoms with Crippen molar-refractivity contribution < 1.29 is 14.6 Å². The van der Waals surface area contributed by atoms with Crippen LogP contribution in [0.15, 0.2) is 6.08 Å². The summed E-state index contributed by atoms with van der Waals surface area (Å²) in [5, 5.41) is 9.68. The Morgan fingerprint density at radius 2 is 2.07 bits per heavy atom. The summed E-state index contributed by atoms with van der Waals surface area (Å²) in [6, 6.07) is 0. The zero-order chi connectivity index (χ0) is 10.3. The van der Waals surface area contributed by atoms with E-state index < -0.39 is 0 Å². The van der Waals surface area contributed by atoms with Crippen molar-refractivity contribution in [3.8, 4) is 23.0 Å². The zero-order valence-corrected chi connectivity index (χ0v) is 8.42. The van der Waals surface area contributed by atoms with E-state index >= 15 is 0 Å². The van der Waals surface area contributed by atoms with E-state index in [-0.39, 0.29) is 5.75 Å². The van der Waals surface area contributed by atoms with E-state index in [0.717, 1.165) is 16.9 Å². The van der Waals surface area contributed by atoms with E-state index in [9.17, 15) is 5.11 Å². The van der Waals surface area contributed by atoms with Crippen LogP contribution < -0.4 is 9.47 Å². The molecular weight excluding hydrogens is 180 g/mol. The Morgan fingerprint density at radius 1 is 1.36 bits per heavy atom. The molecule has 14 heavy (non-hydrogen) atoms. The van der Waals surface area contributed by atoms with E-state index in [1.807, 2.05) is 26.0 Å². The van der Waals surface area contributed by atoms with Crippen LogP contribution in [0.3, 0.4) is 0 Å². The van der Waals surface area contributed by atoms with Gasteiger partial charge in [0.2, 0.25) is 5.75 Å². The van der Waals surface area contributed by atoms with Crippen molar-refractivity contribution in [1.29, 1.82) is 0 Å². The van der Waals surface area contributed by atoms with Gasteiger partial charge in [-0.25, -0.2) is 0 Å². The van der Waals surface area contributed by atoms with Gasteiger partial charge in [-0.2, -0.15) is 0 Å². The number of methoxy groups -OCH3 is 1. The second kappa shape index (κ2) is 2.94. The van der Waals surface area contributed by atoms with Gasteiger partial charge in [-0.1, -0.05) is 12.2 Å². The number of benzene rings is 1. The van der Waals surface area contributed by atoms with Gasteiger partial charge in [0.15, 0.2) is 11.5 Å². The molecule has 0 atom stereocenters. The van der Waals surface area contributed by atoms with E-state index in [1.165, 1.54) is 7.11 Å². The molecule has 0 saturated heterocycles. The lowest BCUT2D eigenvalue weighted by molar-refractivity contribution is 0.321. The summed E-state index contributed by atoms with van der Waals surface area (Å²) in [4.78, 5) is 0. The molecule has 3 rings (SSSR count). The maximum Gasteiger partial charge on any atom is 0.204 e. The van der Waals surface area contributed by atoms with Gasteiger partial charge in [0.1, 0.15) is 5.75 Å². The fraction of sp³-hybridized carbons (Fsp3) is 0.273. The van der Waals surface area contributed by atoms with Crippen molar-refractivity contribution in [3.63, 3.8) is 0 Å². The Morgan fingerprint density at radius 3 is 2.64 bits per heavy atom. The number of ether oxygens (including phenoxy) is 2. The molecule has 3 nitrogen and oxygen atoms in total. The minimum absolute atomic E-state index is 0.178. The standard InChI is InChI=1S/C11H12O3/c1-4-5-7-9-6(2)8(12)11(13-3)10(7)14-9/h4-5,12H,1-3H3/b5-4+. The first-order valence-electron chi connectivity index (χ1n) is 4.44. The number of rotatable bonds is 2. The van der Waals surface area contributed by atoms with Crippen LogP contribution in [-0.2, 0) is 0 Å². The molecule has 74 valence electrons. The Kier molecular flexibility index (Phi) is 1.88. The van der Waals surface area contributed by atoms with Gasteiger partial charge in [-0.05, 0) is 13.8 Å². The summed E-state index contributed by atoms with van der Waals surface area (Å²) in [5.74, 6) is 1.97. The Bertz CT molecular complexity index is 419. The lowest BCUT2D eigenvalue weighted by Crippen LogP contribution is -2.07. The van der Waals surface area contributed by atoms with E-state index in [1.54, 1.807) is 0 Å². The van der Waals surface area contributed by atoms with Crippen LogP contribution in [0.1, 0.15) is 18.1 Å². The predicted molar refractivity (Wildman–Crippen MR) is 54.2 cm³/mol. The highest BCUT2D eigenvalue weighted by molar-refractivity contribution is 5.81. The zero-order valence-electron chi connectivity index (χ0n) is 8.42. The van der Waals surface area contributed by atoms with Gasteiger partial charge < -0.3 is 14.6 Å². The maximum absolute atomic E-state index is 9.68. The molecule has 1 aromatic carbocycles. The normalized spacial score (nSPS) is 12.5. The largest absolute Gasteiger partial charge is 0.504 e. The monoisotopic (exact) mass is 192 g/mol. The molecule has 2 aliphatic heterocycles. The summed E-state index contributed by atoms with van der Waals surface area (Å²) in [5.41, 5.74) is 1.73. The smallest absolute Gasteiger partial charge is 0.204 e. The van der Waals surface area contributed by atoms with Crippen molar-refractivity contribution in [3.05, 3.63) is 17.2 Å². The fourth-order valence-electron chi connectivity index (χ4n) is 1.61. The number of phenolic OH excluding ortho intramolecular Hbond substituents is 1. The average Bonchev–Trinajstić information content (AvgIpc) is 2.17. The molecule has 2 heterocycles. The second-order valence-corrected chi connectivity index (χ2v) is 3.18. The van der Waals surface area contributed by atoms with Crippen LogP contribution in [0.25, 0.3) is 6.08 Å². The topological polar surface area (TPSA) is 38.7 Å². The van der Waals surface area contributed by atoms with Gasteiger partial charge in [-0.15, -0.1) is 0 Å². The molecule has 3 heteroatoms. The Labute approximate surface area is 82.6 Å². The van der Waals surface area contributed by atoms with E-state index in [4.69, 9.17) is 9.47 Å². The average molecular weight is 192 g/mol. The molecule has 0 saturated carbocycles. The van der Waals surface area contributed by atoms with Gasteiger partial charge in [0.25, 0.3) is 0 Å². The molecule has 0 radical (unpaired) electrons. The molecule has 1 N–H and O–H groups in total. The van der Waals surface area contributed by atoms with Crippen molar-refractivity contribution in [2.45, 2.75) is 13.8 Å². The lowest BCUT2D eigenvalue weighted by atomic mass is 10.0. The SMILES string of the molecule is C/C=C/c1c2c(C)c(O)c(OC)c1O2. The first-order valence-corrected chi connectivity index (χ1v) is 4.44. The highest BCUT2D eigenvalue weighted by atomic mass is 16.5. The van der Waals surface area contributed by atoms with Crippen molar-refractivity contribution in [2.75, 3.05) is 7.11 Å². The Balaban J connectivity index is 2.66. The number of hydrogen-bond acceptors (Lipinski definition) is 3. The van der Waals surface area contributed by atoms with Crippen molar-refractivity contribution in [2.24, 2.45) is 0 Å². The van der Waals surface area contributed by atoms with Gasteiger partial charge in [0.05, 0.1) is 12.7 Å². The van der Waals surface area contributed by atoms with Crippen LogP contribution in [0.4, 0.5) is 0 Å². The second-order valence-electron chi connectivity index (χ2n) is 3.18. The van der Waals surface area contributed by atoms with E-state index in [0.29, 0.717) is 11.5 Å². The maximum atomic E-state index is 9.68. The summed E-state index contributed by atoms with van der Waals surface area (Å²) in [6.45, 7) is 3.75. The molecule has 0 spiro atoms. The third-order valence-corrected chi connectivity index (χ3v) is 2.35. The van der Waals surface area contributed by atoms with Crippen LogP contribution in [0.5, 0.6) is 23.0 Å². The third kappa shape index (κ3) is 0.923. The van der Waals surface area contributed by atoms with Gasteiger partial charge >= 0.3 is 0 Å². The van der Waals surface area contributed by atoms with Gasteiger partial charge in [-0.3, -0.25) is 0 Å². The Hall–Kier alpha value is -1.64. The molecule has 0 fully saturated rings. The molecule has 1 aromatic rings. The first kappa shape index (κ1) is 8.94. The van der Waals surface area contributed by atoms with Gasteiger partial charge in [0, 0.05) is 5.56 Å². The minimum atomic E-state index is 0.178. The number of aromatic hydroxyl groups is 1. The predicted octanol–water partition coefficient (Wildman–Crippen LogP) is 2.85. The highest BCUT2D eigenvalue weighted by Gasteiger charge is 2.31. The first-order chi connectivity index (χ1) is 6.70. The van der Waals surface area contributed by atoms with Crippen LogP contribution >= 0.6 is 0 Å². The molecule has 2 aliphatic rings. The summed E-state index contributed by atoms with van der Waals surface area (Å²) >= 11 is 0. The fourth-order valence-corrected chi connectivity index (χ4v) is 1.61. The molecule has 0 aromatic heterocycles. The lowest BCUT2D eigenvalue weighted by Gasteiger charge is -2.27. The van der Waals surface area contributed by atoms with Crippen LogP contribution in [0, 0.1) is 6.92 Å². The quantitative estimate of drug-likeness (QED) is 0.795. The number of hydrogen-bond donors (Lipinski definition) is 1. The number of phenols is 1. The summed E-state index contributed by atoms with van der Waals surface area (Å²) in [6.07, 6.45) is 3.88. The summed E-state index contributed by atoms with van der Waals surface area (Å²) < 4.78 is 10.5. The summed E-state index contributed by atoms with van der Waals surface area (Å²) in [7, 11) is 1.52. The molecule has 0 unspecified atom stereocenters. The minimum Gasteiger partial charge on any atom is -0.504 e. The highest BCUT2D eigenvalue weighted by Crippen LogP contribution is 2.57. The molecular formula is C11H12O3. The van der Waals surface area contributed by atoms with Crippen LogP contribution in [-0.4, -0.2) is 12.2 Å². The van der Waals surface area contributed by atoms with Crippen LogP contribution in [0.2, 0.25) is 0 Å². The number of fused-ring (bicyclic) bond motifs is 2. The van der Waals surface area contributed by atoms with E-state index in [2.05, 4.69) is 0 Å². The number of allylic oxidation sites excluding steroid dienone is 1.